The van der Waals surface area contributed by atoms with Crippen LogP contribution >= 0.6 is 0 Å². The molecule has 0 aliphatic carbocycles. The predicted molar refractivity (Wildman–Crippen MR) is 165 cm³/mol. The predicted octanol–water partition coefficient (Wildman–Crippen LogP) is 5.74. The number of rotatable bonds is 10. The summed E-state index contributed by atoms with van der Waals surface area (Å²) >= 11 is 0. The second kappa shape index (κ2) is 12.3. The molecule has 0 fully saturated rings. The van der Waals surface area contributed by atoms with E-state index in [2.05, 4.69) is 41.5 Å². The number of benzene rings is 3. The number of anilines is 3. The van der Waals surface area contributed by atoms with Gasteiger partial charge in [-0.15, -0.1) is 5.10 Å². The van der Waals surface area contributed by atoms with Gasteiger partial charge in [-0.2, -0.15) is 4.98 Å². The number of fused-ring (bicyclic) bond motifs is 1. The van der Waals surface area contributed by atoms with Gasteiger partial charge in [0.05, 0.1) is 32.6 Å². The smallest absolute Gasteiger partial charge is 0.255 e. The summed E-state index contributed by atoms with van der Waals surface area (Å²) in [6.07, 6.45) is 0. The van der Waals surface area contributed by atoms with Crippen molar-refractivity contribution in [3.8, 4) is 28.6 Å². The molecule has 1 unspecified atom stereocenters. The van der Waals surface area contributed by atoms with Gasteiger partial charge >= 0.3 is 0 Å². The van der Waals surface area contributed by atoms with E-state index in [1.54, 1.807) is 38.1 Å². The maximum Gasteiger partial charge on any atom is 0.255 e. The first-order chi connectivity index (χ1) is 20.4. The van der Waals surface area contributed by atoms with E-state index in [-0.39, 0.29) is 5.91 Å². The summed E-state index contributed by atoms with van der Waals surface area (Å²) in [7, 11) is 4.77. The first kappa shape index (κ1) is 28.5. The molecule has 42 heavy (non-hydrogen) atoms. The highest BCUT2D eigenvalue weighted by Crippen LogP contribution is 2.42. The van der Waals surface area contributed by atoms with E-state index in [0.717, 1.165) is 24.3 Å². The zero-order valence-corrected chi connectivity index (χ0v) is 24.8. The van der Waals surface area contributed by atoms with Crippen molar-refractivity contribution in [1.82, 2.24) is 14.8 Å². The molecule has 2 N–H and O–H groups in total. The number of allylic oxidation sites excluding steroid dienone is 1. The third kappa shape index (κ3) is 5.35. The Balaban J connectivity index is 1.61. The first-order valence-corrected chi connectivity index (χ1v) is 13.9. The van der Waals surface area contributed by atoms with Gasteiger partial charge in [0.2, 0.25) is 5.95 Å². The van der Waals surface area contributed by atoms with Crippen molar-refractivity contribution in [2.75, 3.05) is 50.0 Å². The quantitative estimate of drug-likeness (QED) is 0.250. The normalized spacial score (nSPS) is 14.1. The first-order valence-electron chi connectivity index (χ1n) is 13.9. The van der Waals surface area contributed by atoms with Gasteiger partial charge in [-0.3, -0.25) is 4.79 Å². The Morgan fingerprint density at radius 2 is 1.67 bits per heavy atom. The highest BCUT2D eigenvalue weighted by atomic mass is 16.5. The molecule has 1 atom stereocenters. The molecule has 218 valence electrons. The molecule has 1 amide bonds. The summed E-state index contributed by atoms with van der Waals surface area (Å²) in [6.45, 7) is 7.97. The molecule has 10 heteroatoms. The Morgan fingerprint density at radius 3 is 2.33 bits per heavy atom. The van der Waals surface area contributed by atoms with Crippen LogP contribution in [-0.2, 0) is 4.79 Å². The van der Waals surface area contributed by atoms with Crippen molar-refractivity contribution in [2.45, 2.75) is 26.8 Å². The Morgan fingerprint density at radius 1 is 0.952 bits per heavy atom. The van der Waals surface area contributed by atoms with Crippen LogP contribution in [0.15, 0.2) is 78.0 Å². The van der Waals surface area contributed by atoms with E-state index in [9.17, 15) is 4.79 Å². The minimum absolute atomic E-state index is 0.314. The standard InChI is InChI=1S/C32H36N6O4/c1-7-37(8-2)22-15-13-21(14-16-22)30-35-32-33-20(3)28(31(39)34-25-11-9-10-12-27(25)42-6)29(38(32)36-30)24-19-23(40-4)17-18-26(24)41-5/h9-19,29H,7-8H2,1-6H3,(H,34,39)(H,33,35,36). The lowest BCUT2D eigenvalue weighted by molar-refractivity contribution is -0.113. The topological polar surface area (TPSA) is 103 Å². The molecule has 5 rings (SSSR count). The number of para-hydroxylation sites is 2. The van der Waals surface area contributed by atoms with Crippen molar-refractivity contribution in [3.63, 3.8) is 0 Å². The summed E-state index contributed by atoms with van der Waals surface area (Å²) in [4.78, 5) is 21.1. The second-order valence-corrected chi connectivity index (χ2v) is 9.75. The highest BCUT2D eigenvalue weighted by molar-refractivity contribution is 6.06. The van der Waals surface area contributed by atoms with Gasteiger partial charge in [0, 0.05) is 35.6 Å². The minimum Gasteiger partial charge on any atom is -0.497 e. The fourth-order valence-corrected chi connectivity index (χ4v) is 5.26. The molecule has 1 aliphatic rings. The third-order valence-corrected chi connectivity index (χ3v) is 7.44. The lowest BCUT2D eigenvalue weighted by Crippen LogP contribution is -2.31. The number of nitrogens with one attached hydrogen (secondary N) is 2. The van der Waals surface area contributed by atoms with Crippen LogP contribution in [0.1, 0.15) is 32.4 Å². The minimum atomic E-state index is -0.669. The highest BCUT2D eigenvalue weighted by Gasteiger charge is 2.36. The van der Waals surface area contributed by atoms with Crippen LogP contribution in [0.4, 0.5) is 17.3 Å². The fraction of sp³-hybridized carbons (Fsp3) is 0.281. The van der Waals surface area contributed by atoms with Crippen LogP contribution in [-0.4, -0.2) is 55.1 Å². The molecule has 0 spiro atoms. The van der Waals surface area contributed by atoms with Gasteiger partial charge in [-0.25, -0.2) is 4.68 Å². The summed E-state index contributed by atoms with van der Waals surface area (Å²) < 4.78 is 18.5. The second-order valence-electron chi connectivity index (χ2n) is 9.75. The lowest BCUT2D eigenvalue weighted by Gasteiger charge is -2.29. The fourth-order valence-electron chi connectivity index (χ4n) is 5.26. The van der Waals surface area contributed by atoms with Gasteiger partial charge in [0.25, 0.3) is 5.91 Å². The molecule has 3 aromatic carbocycles. The molecule has 10 nitrogen and oxygen atoms in total. The van der Waals surface area contributed by atoms with Gasteiger partial charge in [-0.05, 0) is 75.4 Å². The van der Waals surface area contributed by atoms with Crippen LogP contribution < -0.4 is 29.7 Å². The van der Waals surface area contributed by atoms with Crippen molar-refractivity contribution in [3.05, 3.63) is 83.6 Å². The number of amides is 1. The van der Waals surface area contributed by atoms with Crippen LogP contribution in [0.25, 0.3) is 11.4 Å². The van der Waals surface area contributed by atoms with Crippen LogP contribution in [0.2, 0.25) is 0 Å². The van der Waals surface area contributed by atoms with E-state index < -0.39 is 6.04 Å². The maximum atomic E-state index is 14.0. The monoisotopic (exact) mass is 568 g/mol. The molecule has 4 aromatic rings. The van der Waals surface area contributed by atoms with E-state index in [0.29, 0.717) is 51.5 Å². The molecular formula is C32H36N6O4. The van der Waals surface area contributed by atoms with Gasteiger partial charge < -0.3 is 29.7 Å². The maximum absolute atomic E-state index is 14.0. The molecular weight excluding hydrogens is 532 g/mol. The summed E-state index contributed by atoms with van der Waals surface area (Å²) in [5.41, 5.74) is 4.35. The number of hydrogen-bond donors (Lipinski definition) is 2. The third-order valence-electron chi connectivity index (χ3n) is 7.44. The van der Waals surface area contributed by atoms with E-state index in [1.807, 2.05) is 49.4 Å². The Labute approximate surface area is 245 Å². The molecule has 2 heterocycles. The van der Waals surface area contributed by atoms with Crippen molar-refractivity contribution < 1.29 is 19.0 Å². The molecule has 1 aromatic heterocycles. The van der Waals surface area contributed by atoms with Gasteiger partial charge in [-0.1, -0.05) is 12.1 Å². The number of methoxy groups -OCH3 is 3. The average Bonchev–Trinajstić information content (AvgIpc) is 3.44. The SMILES string of the molecule is CCN(CC)c1ccc(-c2nc3n(n2)C(c2cc(OC)ccc2OC)C(C(=O)Nc2ccccc2OC)=C(C)N3)cc1. The number of aromatic nitrogens is 3. The molecule has 0 radical (unpaired) electrons. The largest absolute Gasteiger partial charge is 0.497 e. The van der Waals surface area contributed by atoms with Crippen LogP contribution in [0.3, 0.4) is 0 Å². The number of ether oxygens (including phenoxy) is 3. The number of carbonyl (C=O) groups is 1. The number of nitrogens with zero attached hydrogens (tertiary/aromatic N) is 4. The lowest BCUT2D eigenvalue weighted by atomic mass is 9.94. The van der Waals surface area contributed by atoms with Crippen LogP contribution in [0, 0.1) is 0 Å². The Hall–Kier alpha value is -4.99. The van der Waals surface area contributed by atoms with Crippen molar-refractivity contribution in [1.29, 1.82) is 0 Å². The molecule has 0 bridgehead atoms. The average molecular weight is 569 g/mol. The number of carbonyl (C=O) groups excluding carboxylic acids is 1. The number of hydrogen-bond acceptors (Lipinski definition) is 8. The summed E-state index contributed by atoms with van der Waals surface area (Å²) in [5, 5.41) is 11.3. The van der Waals surface area contributed by atoms with Crippen molar-refractivity contribution >= 4 is 23.2 Å². The molecule has 0 saturated carbocycles. The van der Waals surface area contributed by atoms with Crippen LogP contribution in [0.5, 0.6) is 17.2 Å². The van der Waals surface area contributed by atoms with Gasteiger partial charge in [0.15, 0.2) is 5.82 Å². The summed E-state index contributed by atoms with van der Waals surface area (Å²) in [5.74, 6) is 2.50. The molecule has 1 aliphatic heterocycles. The van der Waals surface area contributed by atoms with E-state index in [1.165, 1.54) is 0 Å². The van der Waals surface area contributed by atoms with Crippen molar-refractivity contribution in [2.24, 2.45) is 0 Å². The zero-order valence-electron chi connectivity index (χ0n) is 24.8. The van der Waals surface area contributed by atoms with E-state index in [4.69, 9.17) is 24.3 Å². The Kier molecular flexibility index (Phi) is 8.33. The Bertz CT molecular complexity index is 1610. The van der Waals surface area contributed by atoms with E-state index >= 15 is 0 Å². The van der Waals surface area contributed by atoms with Gasteiger partial charge in [0.1, 0.15) is 23.3 Å². The zero-order chi connectivity index (χ0) is 29.8. The molecule has 0 saturated heterocycles. The summed E-state index contributed by atoms with van der Waals surface area (Å²) in [6, 6.07) is 20.3.